The van der Waals surface area contributed by atoms with E-state index in [2.05, 4.69) is 10.5 Å². The molecule has 2 aromatic carbocycles. The van der Waals surface area contributed by atoms with E-state index in [-0.39, 0.29) is 12.3 Å². The van der Waals surface area contributed by atoms with E-state index in [9.17, 15) is 4.79 Å². The molecule has 0 spiro atoms. The minimum Gasteiger partial charge on any atom is -0.497 e. The van der Waals surface area contributed by atoms with E-state index in [1.54, 1.807) is 32.4 Å². The molecule has 0 heterocycles. The van der Waals surface area contributed by atoms with Crippen LogP contribution in [0, 0.1) is 6.92 Å². The summed E-state index contributed by atoms with van der Waals surface area (Å²) in [4.78, 5) is 11.9. The lowest BCUT2D eigenvalue weighted by Crippen LogP contribution is -2.19. The molecule has 0 radical (unpaired) electrons. The standard InChI is InChI=1S/C18H20N2O3/c1-13-4-6-14(7-5-13)10-18(21)20-19-12-15-11-16(22-2)8-9-17(15)23-3/h4-9,11-12H,10H2,1-3H3,(H,20,21)/b19-12+. The summed E-state index contributed by atoms with van der Waals surface area (Å²) in [6, 6.07) is 13.2. The third-order valence-electron chi connectivity index (χ3n) is 3.32. The van der Waals surface area contributed by atoms with Crippen molar-refractivity contribution in [2.45, 2.75) is 13.3 Å². The Kier molecular flexibility index (Phi) is 5.74. The number of ether oxygens (including phenoxy) is 2. The van der Waals surface area contributed by atoms with Crippen molar-refractivity contribution in [3.63, 3.8) is 0 Å². The van der Waals surface area contributed by atoms with Gasteiger partial charge in [0.15, 0.2) is 0 Å². The third-order valence-corrected chi connectivity index (χ3v) is 3.32. The summed E-state index contributed by atoms with van der Waals surface area (Å²) < 4.78 is 10.4. The summed E-state index contributed by atoms with van der Waals surface area (Å²) in [5.74, 6) is 1.17. The van der Waals surface area contributed by atoms with Gasteiger partial charge in [-0.15, -0.1) is 0 Å². The molecule has 2 aromatic rings. The monoisotopic (exact) mass is 312 g/mol. The van der Waals surface area contributed by atoms with Gasteiger partial charge in [-0.25, -0.2) is 5.43 Å². The van der Waals surface area contributed by atoms with Crippen molar-refractivity contribution in [2.75, 3.05) is 14.2 Å². The van der Waals surface area contributed by atoms with Gasteiger partial charge >= 0.3 is 0 Å². The lowest BCUT2D eigenvalue weighted by molar-refractivity contribution is -0.120. The minimum atomic E-state index is -0.174. The van der Waals surface area contributed by atoms with Gasteiger partial charge in [0, 0.05) is 5.56 Å². The Bertz CT molecular complexity index is 694. The number of methoxy groups -OCH3 is 2. The second-order valence-electron chi connectivity index (χ2n) is 5.06. The van der Waals surface area contributed by atoms with E-state index in [1.807, 2.05) is 31.2 Å². The number of hydrazone groups is 1. The normalized spacial score (nSPS) is 10.6. The van der Waals surface area contributed by atoms with Gasteiger partial charge in [-0.1, -0.05) is 29.8 Å². The molecular weight excluding hydrogens is 292 g/mol. The van der Waals surface area contributed by atoms with Crippen LogP contribution in [0.15, 0.2) is 47.6 Å². The van der Waals surface area contributed by atoms with Gasteiger partial charge in [0.1, 0.15) is 11.5 Å². The zero-order valence-corrected chi connectivity index (χ0v) is 13.5. The van der Waals surface area contributed by atoms with Gasteiger partial charge in [0.2, 0.25) is 5.91 Å². The first-order chi connectivity index (χ1) is 11.1. The fraction of sp³-hybridized carbons (Fsp3) is 0.222. The first-order valence-electron chi connectivity index (χ1n) is 7.22. The molecule has 1 amide bonds. The highest BCUT2D eigenvalue weighted by atomic mass is 16.5. The van der Waals surface area contributed by atoms with E-state index >= 15 is 0 Å². The average molecular weight is 312 g/mol. The number of nitrogens with one attached hydrogen (secondary N) is 1. The van der Waals surface area contributed by atoms with Gasteiger partial charge < -0.3 is 9.47 Å². The molecule has 5 heteroatoms. The molecular formula is C18H20N2O3. The van der Waals surface area contributed by atoms with Crippen molar-refractivity contribution in [2.24, 2.45) is 5.10 Å². The molecule has 0 saturated carbocycles. The fourth-order valence-electron chi connectivity index (χ4n) is 2.04. The Balaban J connectivity index is 1.98. The van der Waals surface area contributed by atoms with Gasteiger partial charge in [0.05, 0.1) is 26.9 Å². The number of hydrogen-bond acceptors (Lipinski definition) is 4. The smallest absolute Gasteiger partial charge is 0.244 e. The van der Waals surface area contributed by atoms with Crippen molar-refractivity contribution in [1.29, 1.82) is 0 Å². The first kappa shape index (κ1) is 16.5. The number of carbonyl (C=O) groups excluding carboxylic acids is 1. The first-order valence-corrected chi connectivity index (χ1v) is 7.22. The van der Waals surface area contributed by atoms with Gasteiger partial charge in [-0.05, 0) is 30.7 Å². The molecule has 0 bridgehead atoms. The van der Waals surface area contributed by atoms with Crippen LogP contribution in [0.3, 0.4) is 0 Å². The van der Waals surface area contributed by atoms with E-state index in [0.717, 1.165) is 16.7 Å². The zero-order valence-electron chi connectivity index (χ0n) is 13.5. The van der Waals surface area contributed by atoms with Gasteiger partial charge in [0.25, 0.3) is 0 Å². The maximum absolute atomic E-state index is 11.9. The SMILES string of the molecule is COc1ccc(OC)c(/C=N/NC(=O)Cc2ccc(C)cc2)c1. The van der Waals surface area contributed by atoms with Crippen LogP contribution in [-0.4, -0.2) is 26.3 Å². The van der Waals surface area contributed by atoms with Gasteiger partial charge in [-0.2, -0.15) is 5.10 Å². The number of amides is 1. The van der Waals surface area contributed by atoms with Crippen molar-refractivity contribution in [3.05, 3.63) is 59.2 Å². The highest BCUT2D eigenvalue weighted by molar-refractivity contribution is 5.86. The predicted molar refractivity (Wildman–Crippen MR) is 90.2 cm³/mol. The molecule has 0 fully saturated rings. The lowest BCUT2D eigenvalue weighted by atomic mass is 10.1. The number of carbonyl (C=O) groups is 1. The number of rotatable bonds is 6. The molecule has 2 rings (SSSR count). The Morgan fingerprint density at radius 3 is 2.52 bits per heavy atom. The summed E-state index contributed by atoms with van der Waals surface area (Å²) in [6.45, 7) is 2.01. The molecule has 0 aliphatic heterocycles. The van der Waals surface area contributed by atoms with Crippen LogP contribution in [-0.2, 0) is 11.2 Å². The Morgan fingerprint density at radius 2 is 1.87 bits per heavy atom. The molecule has 0 aliphatic rings. The summed E-state index contributed by atoms with van der Waals surface area (Å²) in [6.07, 6.45) is 1.82. The van der Waals surface area contributed by atoms with Crippen LogP contribution in [0.1, 0.15) is 16.7 Å². The molecule has 0 saturated heterocycles. The summed E-state index contributed by atoms with van der Waals surface area (Å²) in [7, 11) is 3.17. The largest absolute Gasteiger partial charge is 0.497 e. The van der Waals surface area contributed by atoms with Crippen LogP contribution in [0.5, 0.6) is 11.5 Å². The van der Waals surface area contributed by atoms with E-state index < -0.39 is 0 Å². The van der Waals surface area contributed by atoms with E-state index in [4.69, 9.17) is 9.47 Å². The fourth-order valence-corrected chi connectivity index (χ4v) is 2.04. The van der Waals surface area contributed by atoms with Crippen LogP contribution in [0.4, 0.5) is 0 Å². The highest BCUT2D eigenvalue weighted by Gasteiger charge is 2.04. The van der Waals surface area contributed by atoms with Crippen LogP contribution in [0.25, 0.3) is 0 Å². The summed E-state index contributed by atoms with van der Waals surface area (Å²) in [5, 5.41) is 3.98. The number of benzene rings is 2. The van der Waals surface area contributed by atoms with Gasteiger partial charge in [-0.3, -0.25) is 4.79 Å². The van der Waals surface area contributed by atoms with Crippen LogP contribution >= 0.6 is 0 Å². The Labute approximate surface area is 135 Å². The lowest BCUT2D eigenvalue weighted by Gasteiger charge is -2.06. The third kappa shape index (κ3) is 4.85. The van der Waals surface area contributed by atoms with Crippen molar-refractivity contribution < 1.29 is 14.3 Å². The maximum Gasteiger partial charge on any atom is 0.244 e. The second-order valence-corrected chi connectivity index (χ2v) is 5.06. The topological polar surface area (TPSA) is 59.9 Å². The maximum atomic E-state index is 11.9. The predicted octanol–water partition coefficient (Wildman–Crippen LogP) is 2.71. The van der Waals surface area contributed by atoms with Crippen LogP contribution in [0.2, 0.25) is 0 Å². The number of aryl methyl sites for hydroxylation is 1. The Morgan fingerprint density at radius 1 is 1.13 bits per heavy atom. The molecule has 0 atom stereocenters. The number of nitrogens with zero attached hydrogens (tertiary/aromatic N) is 1. The van der Waals surface area contributed by atoms with Crippen LogP contribution < -0.4 is 14.9 Å². The van der Waals surface area contributed by atoms with Crippen molar-refractivity contribution >= 4 is 12.1 Å². The molecule has 0 aliphatic carbocycles. The molecule has 120 valence electrons. The minimum absolute atomic E-state index is 0.174. The molecule has 0 unspecified atom stereocenters. The van der Waals surface area contributed by atoms with E-state index in [0.29, 0.717) is 11.5 Å². The van der Waals surface area contributed by atoms with Crippen molar-refractivity contribution in [3.8, 4) is 11.5 Å². The van der Waals surface area contributed by atoms with Crippen molar-refractivity contribution in [1.82, 2.24) is 5.43 Å². The number of hydrogen-bond donors (Lipinski definition) is 1. The molecule has 5 nitrogen and oxygen atoms in total. The Hall–Kier alpha value is -2.82. The summed E-state index contributed by atoms with van der Waals surface area (Å²) >= 11 is 0. The summed E-state index contributed by atoms with van der Waals surface area (Å²) in [5.41, 5.74) is 5.35. The second kappa shape index (κ2) is 7.98. The quantitative estimate of drug-likeness (QED) is 0.659. The highest BCUT2D eigenvalue weighted by Crippen LogP contribution is 2.22. The zero-order chi connectivity index (χ0) is 16.7. The molecule has 23 heavy (non-hydrogen) atoms. The average Bonchev–Trinajstić information content (AvgIpc) is 2.57. The van der Waals surface area contributed by atoms with E-state index in [1.165, 1.54) is 6.21 Å². The molecule has 1 N–H and O–H groups in total. The molecule has 0 aromatic heterocycles.